The van der Waals surface area contributed by atoms with Gasteiger partial charge in [0.1, 0.15) is 22.8 Å². The van der Waals surface area contributed by atoms with Gasteiger partial charge in [0.05, 0.1) is 23.8 Å². The minimum Gasteiger partial charge on any atom is -0.508 e. The Morgan fingerprint density at radius 1 is 1.19 bits per heavy atom. The molecule has 198 valence electrons. The molecule has 3 aliphatic carbocycles. The second-order valence-electron chi connectivity index (χ2n) is 9.94. The zero-order valence-corrected chi connectivity index (χ0v) is 20.8. The number of Topliss-reactive ketones (excluding diaryl/α,β-unsaturated/α-hetero) is 2. The summed E-state index contributed by atoms with van der Waals surface area (Å²) in [5.74, 6) is -8.05. The molecule has 4 atom stereocenters. The van der Waals surface area contributed by atoms with E-state index < -0.39 is 69.8 Å². The molecule has 0 aromatic heterocycles. The van der Waals surface area contributed by atoms with Crippen LogP contribution in [0.1, 0.15) is 47.7 Å². The number of unbranched alkanes of at least 4 members (excludes halogenated alkanes) is 1. The number of hydrogen-bond acceptors (Lipinski definition) is 10. The van der Waals surface area contributed by atoms with E-state index in [1.807, 2.05) is 6.92 Å². The summed E-state index contributed by atoms with van der Waals surface area (Å²) in [4.78, 5) is 53.1. The Hall–Kier alpha value is -3.70. The van der Waals surface area contributed by atoms with Gasteiger partial charge < -0.3 is 30.9 Å². The van der Waals surface area contributed by atoms with Crippen LogP contribution >= 0.6 is 0 Å². The first-order valence-corrected chi connectivity index (χ1v) is 12.0. The molecule has 0 spiro atoms. The van der Waals surface area contributed by atoms with Gasteiger partial charge in [-0.05, 0) is 57.0 Å². The summed E-state index contributed by atoms with van der Waals surface area (Å²) in [6.07, 6.45) is 1.42. The predicted molar refractivity (Wildman–Crippen MR) is 129 cm³/mol. The van der Waals surface area contributed by atoms with Gasteiger partial charge in [-0.15, -0.1) is 0 Å². The van der Waals surface area contributed by atoms with E-state index >= 15 is 0 Å². The monoisotopic (exact) mass is 514 g/mol. The van der Waals surface area contributed by atoms with Crippen molar-refractivity contribution in [1.29, 1.82) is 0 Å². The number of esters is 1. The molecular weight excluding hydrogens is 484 g/mol. The summed E-state index contributed by atoms with van der Waals surface area (Å²) >= 11 is 0. The second-order valence-corrected chi connectivity index (χ2v) is 9.94. The molecule has 1 aromatic rings. The minimum atomic E-state index is -2.71. The number of phenolic OH excluding ortho intramolecular Hbond substituents is 1. The Bertz CT molecular complexity index is 1280. The fourth-order valence-corrected chi connectivity index (χ4v) is 5.82. The third-order valence-electron chi connectivity index (χ3n) is 7.56. The number of nitrogens with two attached hydrogens (primary N) is 1. The fourth-order valence-electron chi connectivity index (χ4n) is 5.82. The zero-order chi connectivity index (χ0) is 27.4. The molecule has 6 N–H and O–H groups in total. The van der Waals surface area contributed by atoms with E-state index in [-0.39, 0.29) is 41.7 Å². The molecule has 1 amide bonds. The van der Waals surface area contributed by atoms with Crippen LogP contribution in [0.25, 0.3) is 5.76 Å². The number of amides is 1. The van der Waals surface area contributed by atoms with Crippen molar-refractivity contribution in [2.45, 2.75) is 44.2 Å². The number of nitrogens with zero attached hydrogens (tertiary/aromatic N) is 1. The predicted octanol–water partition coefficient (Wildman–Crippen LogP) is 0.921. The highest BCUT2D eigenvalue weighted by molar-refractivity contribution is 6.24. The van der Waals surface area contributed by atoms with Crippen LogP contribution in [0.4, 0.5) is 0 Å². The Morgan fingerprint density at radius 2 is 1.86 bits per heavy atom. The third-order valence-corrected chi connectivity index (χ3v) is 7.56. The minimum absolute atomic E-state index is 0.0150. The van der Waals surface area contributed by atoms with Crippen molar-refractivity contribution in [2.75, 3.05) is 20.7 Å². The Morgan fingerprint density at radius 3 is 2.46 bits per heavy atom. The van der Waals surface area contributed by atoms with Gasteiger partial charge >= 0.3 is 5.97 Å². The first-order chi connectivity index (χ1) is 17.4. The smallest absolute Gasteiger partial charge is 0.338 e. The Kier molecular flexibility index (Phi) is 6.63. The van der Waals surface area contributed by atoms with Crippen LogP contribution in [0, 0.1) is 11.8 Å². The highest BCUT2D eigenvalue weighted by atomic mass is 16.5. The van der Waals surface area contributed by atoms with E-state index in [4.69, 9.17) is 10.5 Å². The molecule has 11 heteroatoms. The van der Waals surface area contributed by atoms with E-state index in [0.717, 1.165) is 6.42 Å². The number of ether oxygens (including phenoxy) is 1. The number of aliphatic hydroxyl groups excluding tert-OH is 2. The maximum absolute atomic E-state index is 13.8. The molecule has 1 aromatic carbocycles. The maximum atomic E-state index is 13.8. The van der Waals surface area contributed by atoms with Crippen molar-refractivity contribution >= 4 is 29.2 Å². The van der Waals surface area contributed by atoms with Crippen molar-refractivity contribution < 1.29 is 44.3 Å². The molecule has 11 nitrogen and oxygen atoms in total. The average molecular weight is 515 g/mol. The first-order valence-electron chi connectivity index (χ1n) is 12.0. The number of benzene rings is 1. The van der Waals surface area contributed by atoms with Gasteiger partial charge in [-0.3, -0.25) is 19.3 Å². The van der Waals surface area contributed by atoms with E-state index in [1.54, 1.807) is 0 Å². The highest BCUT2D eigenvalue weighted by Crippen LogP contribution is 2.52. The number of ketones is 2. The number of fused-ring (bicyclic) bond motifs is 3. The Labute approximate surface area is 212 Å². The topological polar surface area (TPSA) is 188 Å². The van der Waals surface area contributed by atoms with Crippen molar-refractivity contribution in [3.63, 3.8) is 0 Å². The standard InChI is InChI=1S/C26H30N2O9/c1-4-5-8-37-25(35)12-6-7-15(29)17-13(12)9-11-10-14-19(28(2)3)21(31)18(24(27)34)23(33)26(14,36)22(32)16(11)20(17)30/h6-7,11,14,19,29-30,33,36H,4-5,8-10H2,1-3H3,(H2,27,34)/t11-,14-,19-,26-/m1/s1. The van der Waals surface area contributed by atoms with E-state index in [1.165, 1.54) is 31.1 Å². The molecule has 0 aliphatic heterocycles. The number of aliphatic hydroxyl groups is 3. The van der Waals surface area contributed by atoms with Crippen LogP contribution in [0.5, 0.6) is 5.75 Å². The number of carbonyl (C=O) groups is 4. The lowest BCUT2D eigenvalue weighted by molar-refractivity contribution is -0.153. The van der Waals surface area contributed by atoms with Crippen LogP contribution in [0.2, 0.25) is 0 Å². The second kappa shape index (κ2) is 9.31. The molecule has 0 saturated heterocycles. The summed E-state index contributed by atoms with van der Waals surface area (Å²) in [7, 11) is 3.05. The van der Waals surface area contributed by atoms with Gasteiger partial charge in [0.15, 0.2) is 11.4 Å². The molecule has 0 unspecified atom stereocenters. The van der Waals surface area contributed by atoms with Gasteiger partial charge in [-0.1, -0.05) is 13.3 Å². The maximum Gasteiger partial charge on any atom is 0.338 e. The number of carbonyl (C=O) groups excluding carboxylic acids is 4. The van der Waals surface area contributed by atoms with Gasteiger partial charge in [-0.25, -0.2) is 4.79 Å². The molecule has 37 heavy (non-hydrogen) atoms. The van der Waals surface area contributed by atoms with Crippen molar-refractivity contribution in [3.05, 3.63) is 45.7 Å². The number of rotatable bonds is 6. The molecule has 0 bridgehead atoms. The van der Waals surface area contributed by atoms with Crippen LogP contribution in [0.3, 0.4) is 0 Å². The lowest BCUT2D eigenvalue weighted by Crippen LogP contribution is -2.65. The lowest BCUT2D eigenvalue weighted by atomic mass is 9.57. The van der Waals surface area contributed by atoms with Crippen LogP contribution in [-0.2, 0) is 25.5 Å². The number of aromatic hydroxyl groups is 1. The number of likely N-dealkylation sites (N-methyl/N-ethyl adjacent to an activating group) is 1. The van der Waals surface area contributed by atoms with Crippen LogP contribution in [0.15, 0.2) is 29.0 Å². The summed E-state index contributed by atoms with van der Waals surface area (Å²) in [6, 6.07) is 1.39. The highest BCUT2D eigenvalue weighted by Gasteiger charge is 2.64. The van der Waals surface area contributed by atoms with Crippen molar-refractivity contribution in [1.82, 2.24) is 4.90 Å². The van der Waals surface area contributed by atoms with E-state index in [2.05, 4.69) is 0 Å². The number of hydrogen-bond donors (Lipinski definition) is 5. The zero-order valence-electron chi connectivity index (χ0n) is 20.8. The first kappa shape index (κ1) is 26.4. The van der Waals surface area contributed by atoms with E-state index in [9.17, 15) is 39.6 Å². The SMILES string of the molecule is CCCCOC(=O)c1ccc(O)c2c1C[C@@H]1C[C@@H]3[C@@H](N(C)C)C(=O)C(C(N)=O)=C(O)[C@]3(O)C(=O)C1=C2O. The lowest BCUT2D eigenvalue weighted by Gasteiger charge is -2.50. The van der Waals surface area contributed by atoms with Crippen molar-refractivity contribution in [2.24, 2.45) is 17.6 Å². The molecule has 1 saturated carbocycles. The van der Waals surface area contributed by atoms with Gasteiger partial charge in [-0.2, -0.15) is 0 Å². The fraction of sp³-hybridized carbons (Fsp3) is 0.462. The summed E-state index contributed by atoms with van der Waals surface area (Å²) in [5, 5.41) is 44.2. The Balaban J connectivity index is 1.90. The number of primary amides is 1. The summed E-state index contributed by atoms with van der Waals surface area (Å²) < 4.78 is 5.32. The quantitative estimate of drug-likeness (QED) is 0.207. The number of phenols is 1. The largest absolute Gasteiger partial charge is 0.508 e. The normalized spacial score (nSPS) is 27.1. The molecule has 0 heterocycles. The molecular formula is C26H30N2O9. The molecule has 0 radical (unpaired) electrons. The van der Waals surface area contributed by atoms with Crippen LogP contribution < -0.4 is 5.73 Å². The summed E-state index contributed by atoms with van der Waals surface area (Å²) in [6.45, 7) is 2.13. The average Bonchev–Trinajstić information content (AvgIpc) is 2.81. The molecule has 1 fully saturated rings. The summed E-state index contributed by atoms with van der Waals surface area (Å²) in [5.41, 5.74) is 1.68. The van der Waals surface area contributed by atoms with Crippen LogP contribution in [-0.4, -0.2) is 81.1 Å². The van der Waals surface area contributed by atoms with E-state index in [0.29, 0.717) is 6.42 Å². The van der Waals surface area contributed by atoms with Gasteiger partial charge in [0, 0.05) is 11.5 Å². The van der Waals surface area contributed by atoms with Gasteiger partial charge in [0.2, 0.25) is 5.78 Å². The third kappa shape index (κ3) is 3.80. The molecule has 3 aliphatic rings. The van der Waals surface area contributed by atoms with Gasteiger partial charge in [0.25, 0.3) is 5.91 Å². The molecule has 4 rings (SSSR count). The van der Waals surface area contributed by atoms with Crippen molar-refractivity contribution in [3.8, 4) is 5.75 Å².